The van der Waals surface area contributed by atoms with E-state index in [0.29, 0.717) is 39.7 Å². The number of oxazole rings is 1. The number of aryl methyl sites for hydroxylation is 1. The molecule has 1 amide bonds. The summed E-state index contributed by atoms with van der Waals surface area (Å²) < 4.78 is 16.9. The summed E-state index contributed by atoms with van der Waals surface area (Å²) in [4.78, 5) is 16.8. The molecular formula is C26H26N2O5. The molecule has 4 aromatic rings. The molecule has 0 radical (unpaired) electrons. The van der Waals surface area contributed by atoms with Crippen LogP contribution in [0.4, 0.5) is 5.69 Å². The Morgan fingerprint density at radius 3 is 2.52 bits per heavy atom. The van der Waals surface area contributed by atoms with Crippen LogP contribution in [0.25, 0.3) is 22.6 Å². The molecule has 1 aromatic heterocycles. The smallest absolute Gasteiger partial charge is 0.262 e. The molecule has 0 fully saturated rings. The molecule has 0 saturated carbocycles. The van der Waals surface area contributed by atoms with Gasteiger partial charge in [0.25, 0.3) is 5.91 Å². The Bertz CT molecular complexity index is 1290. The van der Waals surface area contributed by atoms with Gasteiger partial charge >= 0.3 is 0 Å². The van der Waals surface area contributed by atoms with Gasteiger partial charge in [0.1, 0.15) is 17.0 Å². The number of aliphatic hydroxyl groups is 1. The zero-order chi connectivity index (χ0) is 23.6. The minimum atomic E-state index is -1.13. The summed E-state index contributed by atoms with van der Waals surface area (Å²) in [5.74, 6) is 1.42. The summed E-state index contributed by atoms with van der Waals surface area (Å²) in [5, 5.41) is 13.4. The van der Waals surface area contributed by atoms with E-state index < -0.39 is 5.60 Å². The lowest BCUT2D eigenvalue weighted by Gasteiger charge is -2.18. The van der Waals surface area contributed by atoms with Crippen LogP contribution in [0.2, 0.25) is 0 Å². The highest BCUT2D eigenvalue weighted by molar-refractivity contribution is 5.92. The van der Waals surface area contributed by atoms with Gasteiger partial charge in [-0.25, -0.2) is 4.98 Å². The SMILES string of the molecule is COc1cc(C(C)(C)O)c2oc(-c3ccc(NC(=O)COc4ccccc4C)cc3)nc2c1. The third kappa shape index (κ3) is 4.99. The van der Waals surface area contributed by atoms with E-state index in [4.69, 9.17) is 13.9 Å². The largest absolute Gasteiger partial charge is 0.497 e. The molecule has 170 valence electrons. The molecule has 2 N–H and O–H groups in total. The number of amides is 1. The lowest BCUT2D eigenvalue weighted by Crippen LogP contribution is -2.20. The molecule has 0 spiro atoms. The molecule has 3 aromatic carbocycles. The van der Waals surface area contributed by atoms with Crippen LogP contribution in [0, 0.1) is 6.92 Å². The molecule has 0 saturated heterocycles. The highest BCUT2D eigenvalue weighted by atomic mass is 16.5. The van der Waals surface area contributed by atoms with Crippen LogP contribution in [-0.4, -0.2) is 29.7 Å². The summed E-state index contributed by atoms with van der Waals surface area (Å²) >= 11 is 0. The lowest BCUT2D eigenvalue weighted by atomic mass is 9.97. The number of carbonyl (C=O) groups is 1. The number of hydrogen-bond acceptors (Lipinski definition) is 6. The van der Waals surface area contributed by atoms with Gasteiger partial charge in [-0.3, -0.25) is 4.79 Å². The van der Waals surface area contributed by atoms with Gasteiger partial charge in [-0.05, 0) is 62.7 Å². The molecule has 4 rings (SSSR count). The third-order valence-corrected chi connectivity index (χ3v) is 5.23. The minimum absolute atomic E-state index is 0.0840. The molecule has 0 bridgehead atoms. The second-order valence-corrected chi connectivity index (χ2v) is 8.28. The highest BCUT2D eigenvalue weighted by Crippen LogP contribution is 2.35. The van der Waals surface area contributed by atoms with Crippen LogP contribution in [0.5, 0.6) is 11.5 Å². The molecule has 0 atom stereocenters. The van der Waals surface area contributed by atoms with E-state index in [-0.39, 0.29) is 12.5 Å². The molecule has 1 heterocycles. The Hall–Kier alpha value is -3.84. The summed E-state index contributed by atoms with van der Waals surface area (Å²) in [6.45, 7) is 5.21. The number of para-hydroxylation sites is 1. The van der Waals surface area contributed by atoms with Gasteiger partial charge in [-0.2, -0.15) is 0 Å². The third-order valence-electron chi connectivity index (χ3n) is 5.23. The van der Waals surface area contributed by atoms with E-state index in [1.54, 1.807) is 45.2 Å². The first kappa shape index (κ1) is 22.4. The van der Waals surface area contributed by atoms with Gasteiger partial charge in [-0.15, -0.1) is 0 Å². The molecule has 0 unspecified atom stereocenters. The van der Waals surface area contributed by atoms with Gasteiger partial charge in [0.05, 0.1) is 12.7 Å². The van der Waals surface area contributed by atoms with Gasteiger partial charge in [0, 0.05) is 22.9 Å². The number of carbonyl (C=O) groups excluding carboxylic acids is 1. The van der Waals surface area contributed by atoms with Crippen molar-refractivity contribution in [3.05, 3.63) is 71.8 Å². The van der Waals surface area contributed by atoms with E-state index in [2.05, 4.69) is 10.3 Å². The predicted octanol–water partition coefficient (Wildman–Crippen LogP) is 5.06. The number of hydrogen-bond donors (Lipinski definition) is 2. The van der Waals surface area contributed by atoms with Crippen LogP contribution in [0.3, 0.4) is 0 Å². The highest BCUT2D eigenvalue weighted by Gasteiger charge is 2.24. The Kier molecular flexibility index (Phi) is 6.07. The molecule has 0 aliphatic heterocycles. The Morgan fingerprint density at radius 2 is 1.85 bits per heavy atom. The number of methoxy groups -OCH3 is 1. The number of nitrogens with zero attached hydrogens (tertiary/aromatic N) is 1. The number of anilines is 1. The summed E-state index contributed by atoms with van der Waals surface area (Å²) in [5.41, 5.74) is 2.90. The van der Waals surface area contributed by atoms with Crippen molar-refractivity contribution < 1.29 is 23.8 Å². The van der Waals surface area contributed by atoms with Crippen molar-refractivity contribution in [1.82, 2.24) is 4.98 Å². The first-order chi connectivity index (χ1) is 15.7. The number of aromatic nitrogens is 1. The fraction of sp³-hybridized carbons (Fsp3) is 0.231. The average Bonchev–Trinajstić information content (AvgIpc) is 3.21. The predicted molar refractivity (Wildman–Crippen MR) is 127 cm³/mol. The van der Waals surface area contributed by atoms with Crippen LogP contribution in [0.15, 0.2) is 65.1 Å². The van der Waals surface area contributed by atoms with Gasteiger partial charge in [0.2, 0.25) is 5.89 Å². The zero-order valence-electron chi connectivity index (χ0n) is 19.0. The second kappa shape index (κ2) is 8.96. The number of fused-ring (bicyclic) bond motifs is 1. The van der Waals surface area contributed by atoms with Gasteiger partial charge in [-0.1, -0.05) is 18.2 Å². The van der Waals surface area contributed by atoms with Crippen molar-refractivity contribution in [2.45, 2.75) is 26.4 Å². The molecule has 33 heavy (non-hydrogen) atoms. The van der Waals surface area contributed by atoms with E-state index in [9.17, 15) is 9.90 Å². The standard InChI is InChI=1S/C26H26N2O5/c1-16-7-5-6-8-22(16)32-15-23(29)27-18-11-9-17(10-12-18)25-28-21-14-19(31-4)13-20(24(21)33-25)26(2,3)30/h5-14,30H,15H2,1-4H3,(H,27,29). The maximum Gasteiger partial charge on any atom is 0.262 e. The Labute approximate surface area is 192 Å². The van der Waals surface area contributed by atoms with Gasteiger partial charge < -0.3 is 24.3 Å². The minimum Gasteiger partial charge on any atom is -0.497 e. The molecule has 0 aliphatic rings. The monoisotopic (exact) mass is 446 g/mol. The van der Waals surface area contributed by atoms with Crippen LogP contribution in [-0.2, 0) is 10.4 Å². The number of nitrogens with one attached hydrogen (secondary N) is 1. The topological polar surface area (TPSA) is 93.8 Å². The summed E-state index contributed by atoms with van der Waals surface area (Å²) in [7, 11) is 1.56. The Morgan fingerprint density at radius 1 is 1.12 bits per heavy atom. The van der Waals surface area contributed by atoms with Crippen molar-refractivity contribution in [2.24, 2.45) is 0 Å². The fourth-order valence-electron chi connectivity index (χ4n) is 3.46. The Balaban J connectivity index is 1.50. The van der Waals surface area contributed by atoms with E-state index in [0.717, 1.165) is 11.1 Å². The van der Waals surface area contributed by atoms with E-state index >= 15 is 0 Å². The van der Waals surface area contributed by atoms with E-state index in [1.807, 2.05) is 43.3 Å². The lowest BCUT2D eigenvalue weighted by molar-refractivity contribution is -0.118. The molecule has 0 aliphatic carbocycles. The van der Waals surface area contributed by atoms with Crippen molar-refractivity contribution >= 4 is 22.7 Å². The summed E-state index contributed by atoms with van der Waals surface area (Å²) in [6.07, 6.45) is 0. The zero-order valence-corrected chi connectivity index (χ0v) is 19.0. The number of benzene rings is 3. The first-order valence-corrected chi connectivity index (χ1v) is 10.5. The normalized spacial score (nSPS) is 11.4. The first-order valence-electron chi connectivity index (χ1n) is 10.5. The van der Waals surface area contributed by atoms with Crippen LogP contribution in [0.1, 0.15) is 25.0 Å². The molecule has 7 heteroatoms. The summed E-state index contributed by atoms with van der Waals surface area (Å²) in [6, 6.07) is 18.2. The maximum absolute atomic E-state index is 12.3. The maximum atomic E-state index is 12.3. The van der Waals surface area contributed by atoms with Crippen LogP contribution < -0.4 is 14.8 Å². The number of ether oxygens (including phenoxy) is 2. The van der Waals surface area contributed by atoms with Crippen molar-refractivity contribution in [2.75, 3.05) is 19.0 Å². The van der Waals surface area contributed by atoms with Crippen molar-refractivity contribution in [1.29, 1.82) is 0 Å². The fourth-order valence-corrected chi connectivity index (χ4v) is 3.46. The van der Waals surface area contributed by atoms with Crippen LogP contribution >= 0.6 is 0 Å². The number of rotatable bonds is 7. The van der Waals surface area contributed by atoms with Gasteiger partial charge in [0.15, 0.2) is 12.2 Å². The van der Waals surface area contributed by atoms with Crippen molar-refractivity contribution in [3.63, 3.8) is 0 Å². The quantitative estimate of drug-likeness (QED) is 0.412. The second-order valence-electron chi connectivity index (χ2n) is 8.28. The average molecular weight is 447 g/mol. The molecular weight excluding hydrogens is 420 g/mol. The van der Waals surface area contributed by atoms with E-state index in [1.165, 1.54) is 0 Å². The molecule has 7 nitrogen and oxygen atoms in total. The van der Waals surface area contributed by atoms with Crippen molar-refractivity contribution in [3.8, 4) is 23.0 Å².